The second kappa shape index (κ2) is 6.03. The highest BCUT2D eigenvalue weighted by molar-refractivity contribution is 5.41. The Kier molecular flexibility index (Phi) is 4.97. The lowest BCUT2D eigenvalue weighted by atomic mass is 9.94. The van der Waals surface area contributed by atoms with E-state index in [1.807, 2.05) is 19.1 Å². The normalized spacial score (nSPS) is 14.9. The van der Waals surface area contributed by atoms with Gasteiger partial charge in [0.05, 0.1) is 12.1 Å². The minimum atomic E-state index is -0.606. The van der Waals surface area contributed by atoms with Crippen molar-refractivity contribution in [3.05, 3.63) is 29.3 Å². The van der Waals surface area contributed by atoms with Gasteiger partial charge in [-0.05, 0) is 31.2 Å². The van der Waals surface area contributed by atoms with Crippen LogP contribution in [-0.2, 0) is 0 Å². The van der Waals surface area contributed by atoms with Crippen LogP contribution in [0.4, 0.5) is 0 Å². The van der Waals surface area contributed by atoms with Crippen molar-refractivity contribution in [1.82, 2.24) is 0 Å². The maximum absolute atomic E-state index is 10.00. The summed E-state index contributed by atoms with van der Waals surface area (Å²) in [7, 11) is 0. The van der Waals surface area contributed by atoms with E-state index in [-0.39, 0.29) is 5.75 Å². The van der Waals surface area contributed by atoms with E-state index in [1.54, 1.807) is 6.07 Å². The Bertz CT molecular complexity index is 363. The van der Waals surface area contributed by atoms with Crippen LogP contribution in [-0.4, -0.2) is 16.3 Å². The molecule has 17 heavy (non-hydrogen) atoms. The lowest BCUT2D eigenvalue weighted by Crippen LogP contribution is -2.26. The van der Waals surface area contributed by atoms with E-state index < -0.39 is 12.1 Å². The van der Waals surface area contributed by atoms with Crippen molar-refractivity contribution in [2.45, 2.75) is 45.8 Å². The largest absolute Gasteiger partial charge is 0.507 e. The number of hydrogen-bond donors (Lipinski definition) is 3. The van der Waals surface area contributed by atoms with Crippen molar-refractivity contribution in [2.75, 3.05) is 0 Å². The molecule has 1 rings (SSSR count). The van der Waals surface area contributed by atoms with Gasteiger partial charge in [-0.2, -0.15) is 0 Å². The number of phenols is 1. The summed E-state index contributed by atoms with van der Waals surface area (Å²) in [6.45, 7) is 6.05. The molecule has 0 aliphatic rings. The van der Waals surface area contributed by atoms with Crippen molar-refractivity contribution >= 4 is 0 Å². The number of nitrogens with two attached hydrogens (primary N) is 1. The molecule has 1 aromatic carbocycles. The van der Waals surface area contributed by atoms with Crippen LogP contribution in [0, 0.1) is 12.8 Å². The van der Waals surface area contributed by atoms with E-state index in [1.165, 1.54) is 0 Å². The molecule has 2 atom stereocenters. The molecule has 0 bridgehead atoms. The highest BCUT2D eigenvalue weighted by Gasteiger charge is 2.20. The lowest BCUT2D eigenvalue weighted by Gasteiger charge is -2.21. The Morgan fingerprint density at radius 2 is 1.88 bits per heavy atom. The molecule has 0 amide bonds. The van der Waals surface area contributed by atoms with Crippen LogP contribution in [0.1, 0.15) is 43.9 Å². The SMILES string of the molecule is Cc1cccc([C@@H](N)[C@@H](O)CCC(C)C)c1O. The Hall–Kier alpha value is -1.06. The van der Waals surface area contributed by atoms with Gasteiger partial charge in [0.2, 0.25) is 0 Å². The third-order valence-corrected chi connectivity index (χ3v) is 3.08. The van der Waals surface area contributed by atoms with Gasteiger partial charge in [-0.25, -0.2) is 0 Å². The number of para-hydroxylation sites is 1. The zero-order chi connectivity index (χ0) is 13.0. The van der Waals surface area contributed by atoms with Gasteiger partial charge in [0.25, 0.3) is 0 Å². The third-order valence-electron chi connectivity index (χ3n) is 3.08. The molecule has 0 saturated carbocycles. The van der Waals surface area contributed by atoms with E-state index in [0.29, 0.717) is 17.9 Å². The first-order valence-electron chi connectivity index (χ1n) is 6.15. The predicted molar refractivity (Wildman–Crippen MR) is 69.9 cm³/mol. The summed E-state index contributed by atoms with van der Waals surface area (Å²) in [5.41, 5.74) is 7.40. The fraction of sp³-hybridized carbons (Fsp3) is 0.571. The van der Waals surface area contributed by atoms with E-state index >= 15 is 0 Å². The standard InChI is InChI=1S/C14H23NO2/c1-9(2)7-8-12(16)13(15)11-6-4-5-10(3)14(11)17/h4-6,9,12-13,16-17H,7-8,15H2,1-3H3/t12-,13+/m0/s1. The fourth-order valence-corrected chi connectivity index (χ4v) is 1.84. The number of hydrogen-bond acceptors (Lipinski definition) is 3. The number of aromatic hydroxyl groups is 1. The van der Waals surface area contributed by atoms with Crippen LogP contribution in [0.25, 0.3) is 0 Å². The monoisotopic (exact) mass is 237 g/mol. The Morgan fingerprint density at radius 1 is 1.24 bits per heavy atom. The van der Waals surface area contributed by atoms with Crippen LogP contribution < -0.4 is 5.73 Å². The number of aliphatic hydroxyl groups excluding tert-OH is 1. The molecule has 0 fully saturated rings. The molecule has 3 nitrogen and oxygen atoms in total. The second-order valence-corrected chi connectivity index (χ2v) is 5.08. The van der Waals surface area contributed by atoms with Crippen molar-refractivity contribution in [1.29, 1.82) is 0 Å². The van der Waals surface area contributed by atoms with Gasteiger partial charge in [0.15, 0.2) is 0 Å². The average molecular weight is 237 g/mol. The van der Waals surface area contributed by atoms with E-state index in [2.05, 4.69) is 13.8 Å². The highest BCUT2D eigenvalue weighted by atomic mass is 16.3. The quantitative estimate of drug-likeness (QED) is 0.737. The van der Waals surface area contributed by atoms with Gasteiger partial charge in [-0.3, -0.25) is 0 Å². The van der Waals surface area contributed by atoms with Gasteiger partial charge in [0.1, 0.15) is 5.75 Å². The summed E-state index contributed by atoms with van der Waals surface area (Å²) in [6, 6.07) is 4.92. The molecule has 3 heteroatoms. The zero-order valence-corrected chi connectivity index (χ0v) is 10.9. The molecular formula is C14H23NO2. The van der Waals surface area contributed by atoms with Crippen LogP contribution in [0.15, 0.2) is 18.2 Å². The Labute approximate surface area is 103 Å². The molecule has 0 unspecified atom stereocenters. The maximum atomic E-state index is 10.00. The first kappa shape index (κ1) is 14.0. The van der Waals surface area contributed by atoms with Crippen molar-refractivity contribution < 1.29 is 10.2 Å². The summed E-state index contributed by atoms with van der Waals surface area (Å²) in [5, 5.41) is 19.9. The molecule has 4 N–H and O–H groups in total. The fourth-order valence-electron chi connectivity index (χ4n) is 1.84. The maximum Gasteiger partial charge on any atom is 0.123 e. The van der Waals surface area contributed by atoms with Crippen LogP contribution in [0.3, 0.4) is 0 Å². The number of phenolic OH excluding ortho intramolecular Hbond substituents is 1. The zero-order valence-electron chi connectivity index (χ0n) is 10.9. The highest BCUT2D eigenvalue weighted by Crippen LogP contribution is 2.29. The molecule has 0 aromatic heterocycles. The van der Waals surface area contributed by atoms with Gasteiger partial charge in [0, 0.05) is 5.56 Å². The number of aryl methyl sites for hydroxylation is 1. The minimum absolute atomic E-state index is 0.198. The number of benzene rings is 1. The molecule has 0 aliphatic carbocycles. The molecule has 0 radical (unpaired) electrons. The molecular weight excluding hydrogens is 214 g/mol. The Balaban J connectivity index is 2.74. The van der Waals surface area contributed by atoms with Crippen LogP contribution in [0.2, 0.25) is 0 Å². The smallest absolute Gasteiger partial charge is 0.123 e. The predicted octanol–water partition coefficient (Wildman–Crippen LogP) is 2.50. The first-order chi connectivity index (χ1) is 7.93. The van der Waals surface area contributed by atoms with Gasteiger partial charge < -0.3 is 15.9 Å². The Morgan fingerprint density at radius 3 is 2.47 bits per heavy atom. The summed E-state index contributed by atoms with van der Waals surface area (Å²) in [4.78, 5) is 0. The minimum Gasteiger partial charge on any atom is -0.507 e. The average Bonchev–Trinajstić information content (AvgIpc) is 2.28. The van der Waals surface area contributed by atoms with Crippen molar-refractivity contribution in [3.8, 4) is 5.75 Å². The van der Waals surface area contributed by atoms with Crippen LogP contribution in [0.5, 0.6) is 5.75 Å². The topological polar surface area (TPSA) is 66.5 Å². The van der Waals surface area contributed by atoms with Crippen LogP contribution >= 0.6 is 0 Å². The van der Waals surface area contributed by atoms with Gasteiger partial charge in [-0.1, -0.05) is 32.0 Å². The molecule has 0 saturated heterocycles. The lowest BCUT2D eigenvalue weighted by molar-refractivity contribution is 0.127. The summed E-state index contributed by atoms with van der Waals surface area (Å²) >= 11 is 0. The number of aliphatic hydroxyl groups is 1. The van der Waals surface area contributed by atoms with E-state index in [0.717, 1.165) is 12.0 Å². The third kappa shape index (κ3) is 3.72. The number of rotatable bonds is 5. The first-order valence-corrected chi connectivity index (χ1v) is 6.15. The molecule has 0 spiro atoms. The molecule has 0 heterocycles. The van der Waals surface area contributed by atoms with Crippen molar-refractivity contribution in [3.63, 3.8) is 0 Å². The second-order valence-electron chi connectivity index (χ2n) is 5.08. The van der Waals surface area contributed by atoms with Gasteiger partial charge >= 0.3 is 0 Å². The summed E-state index contributed by atoms with van der Waals surface area (Å²) < 4.78 is 0. The van der Waals surface area contributed by atoms with E-state index in [4.69, 9.17) is 5.73 Å². The molecule has 0 aliphatic heterocycles. The summed E-state index contributed by atoms with van der Waals surface area (Å²) in [6.07, 6.45) is 0.985. The molecule has 96 valence electrons. The summed E-state index contributed by atoms with van der Waals surface area (Å²) in [5.74, 6) is 0.742. The van der Waals surface area contributed by atoms with Crippen molar-refractivity contribution in [2.24, 2.45) is 11.7 Å². The van der Waals surface area contributed by atoms with Gasteiger partial charge in [-0.15, -0.1) is 0 Å². The molecule has 1 aromatic rings. The van der Waals surface area contributed by atoms with E-state index in [9.17, 15) is 10.2 Å².